The van der Waals surface area contributed by atoms with E-state index in [-0.39, 0.29) is 12.3 Å². The predicted octanol–water partition coefficient (Wildman–Crippen LogP) is 5.98. The van der Waals surface area contributed by atoms with Crippen molar-refractivity contribution >= 4 is 23.5 Å². The normalized spacial score (nSPS) is 11.5. The molecule has 6 heteroatoms. The summed E-state index contributed by atoms with van der Waals surface area (Å²) in [6, 6.07) is 15.1. The summed E-state index contributed by atoms with van der Waals surface area (Å²) in [6.45, 7) is 6.67. The highest BCUT2D eigenvalue weighted by Gasteiger charge is 2.19. The quantitative estimate of drug-likeness (QED) is 0.281. The monoisotopic (exact) mass is 497 g/mol. The first-order valence-electron chi connectivity index (χ1n) is 12.3. The molecule has 1 saturated carbocycles. The van der Waals surface area contributed by atoms with Crippen LogP contribution in [0.2, 0.25) is 0 Å². The number of carbonyl (C=O) groups excluding carboxylic acids is 1. The van der Waals surface area contributed by atoms with Crippen molar-refractivity contribution in [3.8, 4) is 12.8 Å². The molecule has 37 heavy (non-hydrogen) atoms. The zero-order valence-corrected chi connectivity index (χ0v) is 21.8. The average Bonchev–Trinajstić information content (AvgIpc) is 3.63. The summed E-state index contributed by atoms with van der Waals surface area (Å²) in [7, 11) is 0. The van der Waals surface area contributed by atoms with Gasteiger partial charge in [-0.05, 0) is 55.7 Å². The van der Waals surface area contributed by atoms with Gasteiger partial charge in [0.25, 0.3) is 0 Å². The molecule has 0 aliphatic heterocycles. The summed E-state index contributed by atoms with van der Waals surface area (Å²) < 4.78 is 1.91. The van der Waals surface area contributed by atoms with Gasteiger partial charge in [0, 0.05) is 35.8 Å². The van der Waals surface area contributed by atoms with Crippen LogP contribution in [0.5, 0.6) is 0 Å². The Balaban J connectivity index is 0.000000898. The molecule has 0 bridgehead atoms. The molecule has 1 aliphatic carbocycles. The first-order chi connectivity index (χ1) is 17.9. The van der Waals surface area contributed by atoms with E-state index in [1.54, 1.807) is 6.20 Å². The number of aromatic nitrogens is 2. The van der Waals surface area contributed by atoms with Crippen LogP contribution in [0, 0.1) is 19.8 Å². The smallest absolute Gasteiger partial charge is 0.322 e. The van der Waals surface area contributed by atoms with Crippen LogP contribution in [0.15, 0.2) is 72.6 Å². The second-order valence-corrected chi connectivity index (χ2v) is 8.55. The lowest BCUT2D eigenvalue weighted by atomic mass is 10.1. The van der Waals surface area contributed by atoms with Crippen molar-refractivity contribution in [1.29, 1.82) is 0 Å². The third-order valence-corrected chi connectivity index (χ3v) is 5.31. The lowest BCUT2D eigenvalue weighted by Crippen LogP contribution is -2.21. The Bertz CT molecular complexity index is 1260. The van der Waals surface area contributed by atoms with Gasteiger partial charge in [0.1, 0.15) is 6.54 Å². The molecule has 0 amide bonds. The molecule has 2 heterocycles. The van der Waals surface area contributed by atoms with E-state index in [2.05, 4.69) is 37.0 Å². The fourth-order valence-electron chi connectivity index (χ4n) is 3.52. The zero-order valence-electron chi connectivity index (χ0n) is 21.8. The zero-order chi connectivity index (χ0) is 27.2. The summed E-state index contributed by atoms with van der Waals surface area (Å²) in [5.74, 6) is -0.894. The Kier molecular flexibility index (Phi) is 11.6. The number of carboxylic acids is 1. The molecule has 1 fully saturated rings. The average molecular weight is 498 g/mol. The van der Waals surface area contributed by atoms with Crippen LogP contribution in [0.25, 0.3) is 11.8 Å². The van der Waals surface area contributed by atoms with Crippen LogP contribution >= 0.6 is 0 Å². The maximum atomic E-state index is 12.9. The van der Waals surface area contributed by atoms with Gasteiger partial charge in [0.2, 0.25) is 5.78 Å². The molecule has 192 valence electrons. The summed E-state index contributed by atoms with van der Waals surface area (Å²) >= 11 is 0. The number of allylic oxidation sites excluding steroid dienone is 2. The molecule has 2 aromatic heterocycles. The van der Waals surface area contributed by atoms with Gasteiger partial charge in [-0.1, -0.05) is 56.2 Å². The van der Waals surface area contributed by atoms with Crippen molar-refractivity contribution in [3.63, 3.8) is 0 Å². The van der Waals surface area contributed by atoms with E-state index < -0.39 is 5.97 Å². The maximum Gasteiger partial charge on any atom is 0.322 e. The van der Waals surface area contributed by atoms with E-state index in [9.17, 15) is 9.59 Å². The number of pyridine rings is 1. The maximum absolute atomic E-state index is 12.9. The molecule has 1 aromatic carbocycles. The van der Waals surface area contributed by atoms with Gasteiger partial charge in [-0.15, -0.1) is 12.8 Å². The standard InChI is InChI=1S/C26H25N3O3.C3H8.C2H2/c1-18-6-8-20(9-7-18)26(32)23-5-3-15-29(23)14-2-4-22-16-21(12-13-27-22)25(19-10-11-19)28-17-24(30)31;1-3-2;1-2/h2-9,12-13,15-16,28H,10-11,14,17H2,1H3,(H,30,31);3H2,1-2H3;1-2H/b4-2+;;. The van der Waals surface area contributed by atoms with Crippen LogP contribution in [-0.2, 0) is 11.3 Å². The van der Waals surface area contributed by atoms with Crippen LogP contribution in [-0.4, -0.2) is 33.0 Å². The van der Waals surface area contributed by atoms with E-state index >= 15 is 0 Å². The predicted molar refractivity (Wildman–Crippen MR) is 150 cm³/mol. The molecule has 3 aromatic rings. The number of ketones is 1. The molecule has 0 saturated heterocycles. The number of hydrogen-bond acceptors (Lipinski definition) is 4. The van der Waals surface area contributed by atoms with Crippen molar-refractivity contribution in [3.05, 3.63) is 101 Å². The van der Waals surface area contributed by atoms with Gasteiger partial charge >= 0.3 is 5.97 Å². The van der Waals surface area contributed by atoms with Crippen molar-refractivity contribution in [2.45, 2.75) is 46.6 Å². The third-order valence-electron chi connectivity index (χ3n) is 5.31. The molecule has 4 rings (SSSR count). The number of carboxylic acid groups (broad SMARTS) is 1. The number of nitrogens with zero attached hydrogens (tertiary/aromatic N) is 2. The van der Waals surface area contributed by atoms with Gasteiger partial charge in [0.05, 0.1) is 11.4 Å². The van der Waals surface area contributed by atoms with Crippen LogP contribution in [0.1, 0.15) is 66.0 Å². The summed E-state index contributed by atoms with van der Waals surface area (Å²) in [4.78, 5) is 28.2. The van der Waals surface area contributed by atoms with Crippen LogP contribution in [0.3, 0.4) is 0 Å². The molecule has 2 N–H and O–H groups in total. The van der Waals surface area contributed by atoms with E-state index in [0.717, 1.165) is 35.4 Å². The molecular formula is C31H35N3O3. The molecule has 0 unspecified atom stereocenters. The van der Waals surface area contributed by atoms with Crippen molar-refractivity contribution < 1.29 is 14.7 Å². The summed E-state index contributed by atoms with van der Waals surface area (Å²) in [6.07, 6.45) is 18.7. The summed E-state index contributed by atoms with van der Waals surface area (Å²) in [5, 5.41) is 12.0. The van der Waals surface area contributed by atoms with Gasteiger partial charge in [-0.3, -0.25) is 14.6 Å². The molecule has 0 spiro atoms. The van der Waals surface area contributed by atoms with Crippen molar-refractivity contribution in [1.82, 2.24) is 14.9 Å². The highest BCUT2D eigenvalue weighted by atomic mass is 16.4. The van der Waals surface area contributed by atoms with Gasteiger partial charge in [-0.25, -0.2) is 0 Å². The highest BCUT2D eigenvalue weighted by molar-refractivity contribution is 6.08. The fourth-order valence-corrected chi connectivity index (χ4v) is 3.52. The minimum atomic E-state index is -0.888. The number of nitrogens with one attached hydrogen (secondary N) is 1. The molecular weight excluding hydrogens is 462 g/mol. The molecule has 6 nitrogen and oxygen atoms in total. The number of benzene rings is 1. The van der Waals surface area contributed by atoms with E-state index in [1.165, 1.54) is 12.0 Å². The Morgan fingerprint density at radius 2 is 1.76 bits per heavy atom. The van der Waals surface area contributed by atoms with E-state index in [4.69, 9.17) is 5.11 Å². The Labute approximate surface area is 219 Å². The van der Waals surface area contributed by atoms with Gasteiger partial charge in [0.15, 0.2) is 0 Å². The Hall–Kier alpha value is -4.37. The molecule has 0 atom stereocenters. The third kappa shape index (κ3) is 8.97. The van der Waals surface area contributed by atoms with Gasteiger partial charge < -0.3 is 15.0 Å². The number of carbonyl (C=O) groups is 2. The minimum Gasteiger partial charge on any atom is -0.480 e. The number of terminal acetylenes is 1. The highest BCUT2D eigenvalue weighted by Crippen LogP contribution is 2.35. The van der Waals surface area contributed by atoms with E-state index in [0.29, 0.717) is 17.8 Å². The largest absolute Gasteiger partial charge is 0.480 e. The minimum absolute atomic E-state index is 0.00581. The Morgan fingerprint density at radius 3 is 2.38 bits per heavy atom. The Morgan fingerprint density at radius 1 is 1.08 bits per heavy atom. The SMILES string of the molecule is C#C.CCC.Cc1ccc(C(=O)c2cccn2C/C=C/c2cc(C(NCC(=O)O)=C3CC3)ccn2)cc1. The lowest BCUT2D eigenvalue weighted by Gasteiger charge is -2.10. The number of aliphatic carboxylic acids is 1. The van der Waals surface area contributed by atoms with Crippen LogP contribution in [0.4, 0.5) is 0 Å². The number of hydrogen-bond donors (Lipinski definition) is 2. The first-order valence-corrected chi connectivity index (χ1v) is 12.3. The number of aryl methyl sites for hydroxylation is 1. The first kappa shape index (κ1) is 28.9. The van der Waals surface area contributed by atoms with E-state index in [1.807, 2.05) is 78.4 Å². The molecule has 0 radical (unpaired) electrons. The summed E-state index contributed by atoms with van der Waals surface area (Å²) in [5.41, 5.74) is 6.26. The topological polar surface area (TPSA) is 84.2 Å². The fraction of sp³-hybridized carbons (Fsp3) is 0.258. The van der Waals surface area contributed by atoms with Crippen molar-refractivity contribution in [2.24, 2.45) is 0 Å². The van der Waals surface area contributed by atoms with Gasteiger partial charge in [-0.2, -0.15) is 0 Å². The van der Waals surface area contributed by atoms with Crippen LogP contribution < -0.4 is 5.32 Å². The van der Waals surface area contributed by atoms with Crippen molar-refractivity contribution in [2.75, 3.05) is 6.54 Å². The second-order valence-electron chi connectivity index (χ2n) is 8.55. The lowest BCUT2D eigenvalue weighted by molar-refractivity contribution is -0.135. The number of rotatable bonds is 9. The second kappa shape index (κ2) is 14.9. The molecule has 1 aliphatic rings.